The van der Waals surface area contributed by atoms with Gasteiger partial charge in [0.2, 0.25) is 0 Å². The maximum atomic E-state index is 12.5. The molecule has 0 fully saturated rings. The van der Waals surface area contributed by atoms with Crippen LogP contribution in [0.3, 0.4) is 0 Å². The van der Waals surface area contributed by atoms with Crippen LogP contribution in [0.25, 0.3) is 0 Å². The van der Waals surface area contributed by atoms with E-state index >= 15 is 0 Å². The molecule has 0 aliphatic carbocycles. The summed E-state index contributed by atoms with van der Waals surface area (Å²) >= 11 is 0. The highest BCUT2D eigenvalue weighted by molar-refractivity contribution is 5.95. The van der Waals surface area contributed by atoms with E-state index < -0.39 is 6.04 Å². The van der Waals surface area contributed by atoms with E-state index in [-0.39, 0.29) is 12.0 Å². The van der Waals surface area contributed by atoms with Crippen molar-refractivity contribution < 1.29 is 14.3 Å². The third-order valence-corrected chi connectivity index (χ3v) is 3.85. The van der Waals surface area contributed by atoms with Crippen molar-refractivity contribution in [2.24, 2.45) is 0 Å². The van der Waals surface area contributed by atoms with Crippen LogP contribution < -0.4 is 10.6 Å². The number of carbonyl (C=O) groups excluding carboxylic acids is 2. The Labute approximate surface area is 137 Å². The molecule has 0 spiro atoms. The summed E-state index contributed by atoms with van der Waals surface area (Å²) in [6.45, 7) is 4.27. The lowest BCUT2D eigenvalue weighted by Gasteiger charge is -2.28. The minimum absolute atomic E-state index is 0.309. The minimum Gasteiger partial charge on any atom is -0.462 e. The van der Waals surface area contributed by atoms with Gasteiger partial charge in [0.1, 0.15) is 0 Å². The number of carbonyl (C=O) groups is 2. The lowest BCUT2D eigenvalue weighted by molar-refractivity contribution is -0.139. The lowest BCUT2D eigenvalue weighted by atomic mass is 9.96. The molecule has 0 bridgehead atoms. The number of nitrogens with one attached hydrogen (secondary N) is 2. The Hall–Kier alpha value is -2.30. The first-order chi connectivity index (χ1) is 11.1. The second-order valence-corrected chi connectivity index (χ2v) is 5.68. The van der Waals surface area contributed by atoms with Crippen molar-refractivity contribution in [1.29, 1.82) is 0 Å². The van der Waals surface area contributed by atoms with Crippen LogP contribution in [-0.4, -0.2) is 18.6 Å². The van der Waals surface area contributed by atoms with Crippen LogP contribution in [0.15, 0.2) is 41.6 Å². The highest BCUT2D eigenvalue weighted by Gasteiger charge is 2.31. The molecule has 0 aromatic heterocycles. The number of urea groups is 1. The normalized spacial score (nSPS) is 17.5. The minimum atomic E-state index is -0.479. The summed E-state index contributed by atoms with van der Waals surface area (Å²) in [6.07, 6.45) is 4.20. The van der Waals surface area contributed by atoms with E-state index in [1.165, 1.54) is 0 Å². The first-order valence-electron chi connectivity index (χ1n) is 8.13. The molecular weight excluding hydrogens is 292 g/mol. The van der Waals surface area contributed by atoms with E-state index in [4.69, 9.17) is 4.74 Å². The summed E-state index contributed by atoms with van der Waals surface area (Å²) in [7, 11) is 0. The molecule has 0 saturated heterocycles. The standard InChI is InChI=1S/C18H24N2O3/c1-3-4-5-9-12-23-17(21)15-13(2)19-18(22)20-16(15)14-10-7-6-8-11-14/h6-8,10-11,16H,3-5,9,12H2,1-2H3,(H2,19,20,22). The average molecular weight is 316 g/mol. The van der Waals surface area contributed by atoms with Crippen LogP contribution in [0.1, 0.15) is 51.1 Å². The molecule has 5 nitrogen and oxygen atoms in total. The number of benzene rings is 1. The van der Waals surface area contributed by atoms with Gasteiger partial charge in [-0.1, -0.05) is 56.5 Å². The van der Waals surface area contributed by atoms with Crippen LogP contribution in [0.2, 0.25) is 0 Å². The van der Waals surface area contributed by atoms with Crippen molar-refractivity contribution in [1.82, 2.24) is 10.6 Å². The smallest absolute Gasteiger partial charge is 0.338 e. The van der Waals surface area contributed by atoms with E-state index in [2.05, 4.69) is 17.6 Å². The van der Waals surface area contributed by atoms with Crippen molar-refractivity contribution in [2.75, 3.05) is 6.61 Å². The Morgan fingerprint density at radius 3 is 2.61 bits per heavy atom. The fourth-order valence-corrected chi connectivity index (χ4v) is 2.63. The summed E-state index contributed by atoms with van der Waals surface area (Å²) in [5.41, 5.74) is 1.87. The molecule has 5 heteroatoms. The summed E-state index contributed by atoms with van der Waals surface area (Å²) in [6, 6.07) is 8.65. The fourth-order valence-electron chi connectivity index (χ4n) is 2.63. The van der Waals surface area contributed by atoms with Gasteiger partial charge in [-0.2, -0.15) is 0 Å². The SMILES string of the molecule is CCCCCCOC(=O)C1=C(C)NC(=O)NC1c1ccccc1. The molecule has 1 aliphatic heterocycles. The van der Waals surface area contributed by atoms with Gasteiger partial charge in [-0.15, -0.1) is 0 Å². The second kappa shape index (κ2) is 8.36. The van der Waals surface area contributed by atoms with Gasteiger partial charge in [0.15, 0.2) is 0 Å². The predicted molar refractivity (Wildman–Crippen MR) is 88.7 cm³/mol. The van der Waals surface area contributed by atoms with Crippen LogP contribution in [0.5, 0.6) is 0 Å². The van der Waals surface area contributed by atoms with Gasteiger partial charge in [-0.25, -0.2) is 9.59 Å². The first kappa shape index (κ1) is 17.1. The summed E-state index contributed by atoms with van der Waals surface area (Å²) in [5.74, 6) is -0.375. The largest absolute Gasteiger partial charge is 0.462 e. The van der Waals surface area contributed by atoms with Crippen molar-refractivity contribution in [3.63, 3.8) is 0 Å². The molecule has 2 amide bonds. The summed E-state index contributed by atoms with van der Waals surface area (Å²) in [5, 5.41) is 5.45. The van der Waals surface area contributed by atoms with Crippen molar-refractivity contribution >= 4 is 12.0 Å². The van der Waals surface area contributed by atoms with Gasteiger partial charge in [-0.3, -0.25) is 0 Å². The van der Waals surface area contributed by atoms with E-state index in [1.807, 2.05) is 30.3 Å². The van der Waals surface area contributed by atoms with Crippen molar-refractivity contribution in [3.05, 3.63) is 47.2 Å². The Kier molecular flexibility index (Phi) is 6.20. The molecule has 1 unspecified atom stereocenters. The molecule has 1 aromatic carbocycles. The van der Waals surface area contributed by atoms with E-state index in [0.29, 0.717) is 17.9 Å². The first-order valence-corrected chi connectivity index (χ1v) is 8.13. The quantitative estimate of drug-likeness (QED) is 0.598. The molecule has 124 valence electrons. The molecule has 1 atom stereocenters. The van der Waals surface area contributed by atoms with E-state index in [0.717, 1.165) is 31.2 Å². The number of hydrogen-bond acceptors (Lipinski definition) is 3. The fraction of sp³-hybridized carbons (Fsp3) is 0.444. The number of ether oxygens (including phenoxy) is 1. The number of esters is 1. The van der Waals surface area contributed by atoms with Crippen molar-refractivity contribution in [3.8, 4) is 0 Å². The van der Waals surface area contributed by atoms with Crippen LogP contribution >= 0.6 is 0 Å². The maximum absolute atomic E-state index is 12.5. The molecule has 1 aromatic rings. The molecule has 0 radical (unpaired) electrons. The van der Waals surface area contributed by atoms with Crippen molar-refractivity contribution in [2.45, 2.75) is 45.6 Å². The third-order valence-electron chi connectivity index (χ3n) is 3.85. The van der Waals surface area contributed by atoms with Crippen LogP contribution in [0.4, 0.5) is 4.79 Å². The number of hydrogen-bond donors (Lipinski definition) is 2. The van der Waals surface area contributed by atoms with Crippen LogP contribution in [0, 0.1) is 0 Å². The maximum Gasteiger partial charge on any atom is 0.338 e. The predicted octanol–water partition coefficient (Wildman–Crippen LogP) is 3.44. The molecule has 1 aliphatic rings. The van der Waals surface area contributed by atoms with Gasteiger partial charge in [0.25, 0.3) is 0 Å². The van der Waals surface area contributed by atoms with Crippen LogP contribution in [-0.2, 0) is 9.53 Å². The van der Waals surface area contributed by atoms with Gasteiger partial charge in [0.05, 0.1) is 18.2 Å². The third kappa shape index (κ3) is 4.58. The lowest BCUT2D eigenvalue weighted by Crippen LogP contribution is -2.45. The molecule has 2 rings (SSSR count). The Morgan fingerprint density at radius 1 is 1.17 bits per heavy atom. The number of amides is 2. The van der Waals surface area contributed by atoms with Gasteiger partial charge in [-0.05, 0) is 18.9 Å². The molecule has 1 heterocycles. The zero-order valence-corrected chi connectivity index (χ0v) is 13.7. The average Bonchev–Trinajstić information content (AvgIpc) is 2.54. The molecular formula is C18H24N2O3. The number of rotatable bonds is 7. The zero-order valence-electron chi connectivity index (χ0n) is 13.7. The van der Waals surface area contributed by atoms with Gasteiger partial charge in [0, 0.05) is 5.70 Å². The van der Waals surface area contributed by atoms with Gasteiger partial charge >= 0.3 is 12.0 Å². The Bertz CT molecular complexity index is 581. The molecule has 2 N–H and O–H groups in total. The number of allylic oxidation sites excluding steroid dienone is 1. The topological polar surface area (TPSA) is 67.4 Å². The summed E-state index contributed by atoms with van der Waals surface area (Å²) in [4.78, 5) is 24.2. The highest BCUT2D eigenvalue weighted by Crippen LogP contribution is 2.27. The van der Waals surface area contributed by atoms with Gasteiger partial charge < -0.3 is 15.4 Å². The molecule has 0 saturated carbocycles. The van der Waals surface area contributed by atoms with E-state index in [9.17, 15) is 9.59 Å². The second-order valence-electron chi connectivity index (χ2n) is 5.68. The monoisotopic (exact) mass is 316 g/mol. The number of unbranched alkanes of at least 4 members (excludes halogenated alkanes) is 3. The zero-order chi connectivity index (χ0) is 16.7. The Morgan fingerprint density at radius 2 is 1.91 bits per heavy atom. The Balaban J connectivity index is 2.10. The highest BCUT2D eigenvalue weighted by atomic mass is 16.5. The molecule has 23 heavy (non-hydrogen) atoms. The van der Waals surface area contributed by atoms with E-state index in [1.54, 1.807) is 6.92 Å². The summed E-state index contributed by atoms with van der Waals surface area (Å²) < 4.78 is 5.40.